The highest BCUT2D eigenvalue weighted by Crippen LogP contribution is 2.33. The van der Waals surface area contributed by atoms with Crippen molar-refractivity contribution in [3.05, 3.63) is 18.3 Å². The highest BCUT2D eigenvalue weighted by atomic mass is 79.9. The van der Waals surface area contributed by atoms with Crippen molar-refractivity contribution in [1.82, 2.24) is 4.98 Å². The summed E-state index contributed by atoms with van der Waals surface area (Å²) in [6.07, 6.45) is 5.72. The molecule has 1 heterocycles. The summed E-state index contributed by atoms with van der Waals surface area (Å²) < 4.78 is 5.66. The van der Waals surface area contributed by atoms with Crippen LogP contribution in [-0.4, -0.2) is 29.5 Å². The van der Waals surface area contributed by atoms with Crippen molar-refractivity contribution in [2.45, 2.75) is 32.2 Å². The van der Waals surface area contributed by atoms with E-state index in [0.29, 0.717) is 12.6 Å². The molecule has 1 fully saturated rings. The molecule has 0 aliphatic heterocycles. The summed E-state index contributed by atoms with van der Waals surface area (Å²) in [5.41, 5.74) is 0. The number of aromatic nitrogens is 1. The molecule has 0 aromatic carbocycles. The first-order valence-electron chi connectivity index (χ1n) is 6.27. The van der Waals surface area contributed by atoms with Crippen LogP contribution in [-0.2, 0) is 0 Å². The van der Waals surface area contributed by atoms with Crippen LogP contribution in [0, 0.1) is 0 Å². The third kappa shape index (κ3) is 2.92. The van der Waals surface area contributed by atoms with Gasteiger partial charge in [0.25, 0.3) is 0 Å². The number of anilines is 1. The van der Waals surface area contributed by atoms with E-state index in [2.05, 4.69) is 25.8 Å². The maximum absolute atomic E-state index is 5.66. The molecule has 1 aliphatic rings. The van der Waals surface area contributed by atoms with Crippen LogP contribution in [0.15, 0.2) is 18.3 Å². The first kappa shape index (κ1) is 12.7. The molecule has 0 spiro atoms. The van der Waals surface area contributed by atoms with Crippen LogP contribution in [0.4, 0.5) is 5.82 Å². The Morgan fingerprint density at radius 2 is 2.35 bits per heavy atom. The highest BCUT2D eigenvalue weighted by molar-refractivity contribution is 9.09. The summed E-state index contributed by atoms with van der Waals surface area (Å²) in [5, 5.41) is 0.964. The summed E-state index contributed by atoms with van der Waals surface area (Å²) in [4.78, 5) is 6.88. The zero-order valence-electron chi connectivity index (χ0n) is 10.2. The van der Waals surface area contributed by atoms with E-state index in [4.69, 9.17) is 4.74 Å². The lowest BCUT2D eigenvalue weighted by atomic mass is 9.91. The fourth-order valence-electron chi connectivity index (χ4n) is 2.12. The van der Waals surface area contributed by atoms with Gasteiger partial charge < -0.3 is 9.64 Å². The Kier molecular flexibility index (Phi) is 4.66. The Morgan fingerprint density at radius 1 is 1.53 bits per heavy atom. The smallest absolute Gasteiger partial charge is 0.171 e. The van der Waals surface area contributed by atoms with E-state index in [0.717, 1.165) is 23.4 Å². The predicted molar refractivity (Wildman–Crippen MR) is 74.2 cm³/mol. The monoisotopic (exact) mass is 298 g/mol. The molecule has 0 unspecified atom stereocenters. The van der Waals surface area contributed by atoms with Crippen LogP contribution < -0.4 is 9.64 Å². The third-order valence-electron chi connectivity index (χ3n) is 3.16. The van der Waals surface area contributed by atoms with E-state index < -0.39 is 0 Å². The second-order valence-corrected chi connectivity index (χ2v) is 5.02. The number of ether oxygens (including phenoxy) is 1. The minimum Gasteiger partial charge on any atom is -0.490 e. The number of rotatable bonds is 6. The largest absolute Gasteiger partial charge is 0.490 e. The molecule has 0 bridgehead atoms. The van der Waals surface area contributed by atoms with Crippen LogP contribution in [0.1, 0.15) is 26.2 Å². The number of hydrogen-bond acceptors (Lipinski definition) is 3. The van der Waals surface area contributed by atoms with Gasteiger partial charge in [-0.05, 0) is 38.3 Å². The summed E-state index contributed by atoms with van der Waals surface area (Å²) in [7, 11) is 0. The lowest BCUT2D eigenvalue weighted by Gasteiger charge is -2.38. The lowest BCUT2D eigenvalue weighted by Crippen LogP contribution is -2.42. The van der Waals surface area contributed by atoms with E-state index in [-0.39, 0.29) is 0 Å². The Labute approximate surface area is 111 Å². The zero-order valence-corrected chi connectivity index (χ0v) is 11.8. The summed E-state index contributed by atoms with van der Waals surface area (Å²) in [5.74, 6) is 1.90. The quantitative estimate of drug-likeness (QED) is 0.754. The average Bonchev–Trinajstić information content (AvgIpc) is 2.27. The number of halogens is 1. The molecular weight excluding hydrogens is 280 g/mol. The van der Waals surface area contributed by atoms with Gasteiger partial charge in [-0.3, -0.25) is 0 Å². The maximum Gasteiger partial charge on any atom is 0.171 e. The van der Waals surface area contributed by atoms with Gasteiger partial charge >= 0.3 is 0 Å². The van der Waals surface area contributed by atoms with Crippen molar-refractivity contribution in [2.75, 3.05) is 23.4 Å². The Balaban J connectivity index is 2.21. The van der Waals surface area contributed by atoms with Gasteiger partial charge in [-0.25, -0.2) is 4.98 Å². The number of hydrogen-bond donors (Lipinski definition) is 0. The molecule has 3 nitrogen and oxygen atoms in total. The first-order valence-corrected chi connectivity index (χ1v) is 7.39. The van der Waals surface area contributed by atoms with Crippen molar-refractivity contribution in [3.8, 4) is 5.75 Å². The van der Waals surface area contributed by atoms with Gasteiger partial charge in [-0.2, -0.15) is 0 Å². The molecule has 0 atom stereocenters. The summed E-state index contributed by atoms with van der Waals surface area (Å²) >= 11 is 3.52. The van der Waals surface area contributed by atoms with Crippen molar-refractivity contribution in [3.63, 3.8) is 0 Å². The maximum atomic E-state index is 5.66. The lowest BCUT2D eigenvalue weighted by molar-refractivity contribution is 0.332. The van der Waals surface area contributed by atoms with Crippen LogP contribution >= 0.6 is 15.9 Å². The van der Waals surface area contributed by atoms with Gasteiger partial charge in [-0.1, -0.05) is 15.9 Å². The molecule has 1 aromatic rings. The Morgan fingerprint density at radius 3 is 2.94 bits per heavy atom. The van der Waals surface area contributed by atoms with Crippen LogP contribution in [0.2, 0.25) is 0 Å². The molecular formula is C13H19BrN2O. The predicted octanol–water partition coefficient (Wildman–Crippen LogP) is 3.23. The minimum atomic E-state index is 0.640. The van der Waals surface area contributed by atoms with Gasteiger partial charge in [-0.15, -0.1) is 0 Å². The molecule has 17 heavy (non-hydrogen) atoms. The topological polar surface area (TPSA) is 25.4 Å². The average molecular weight is 299 g/mol. The van der Waals surface area contributed by atoms with E-state index >= 15 is 0 Å². The molecule has 94 valence electrons. The number of alkyl halides is 1. The Bertz CT molecular complexity index is 355. The van der Waals surface area contributed by atoms with Crippen molar-refractivity contribution < 1.29 is 4.74 Å². The van der Waals surface area contributed by atoms with Crippen molar-refractivity contribution in [1.29, 1.82) is 0 Å². The molecule has 0 amide bonds. The summed E-state index contributed by atoms with van der Waals surface area (Å²) in [6.45, 7) is 3.68. The molecule has 0 radical (unpaired) electrons. The first-order chi connectivity index (χ1) is 8.36. The molecule has 4 heteroatoms. The fraction of sp³-hybridized carbons (Fsp3) is 0.615. The van der Waals surface area contributed by atoms with Crippen LogP contribution in [0.3, 0.4) is 0 Å². The van der Waals surface area contributed by atoms with Crippen LogP contribution in [0.5, 0.6) is 5.75 Å². The second kappa shape index (κ2) is 6.24. The van der Waals surface area contributed by atoms with E-state index in [9.17, 15) is 0 Å². The van der Waals surface area contributed by atoms with Crippen molar-refractivity contribution >= 4 is 21.7 Å². The molecule has 0 saturated heterocycles. The van der Waals surface area contributed by atoms with Gasteiger partial charge in [0.1, 0.15) is 0 Å². The highest BCUT2D eigenvalue weighted by Gasteiger charge is 2.27. The molecule has 0 N–H and O–H groups in total. The van der Waals surface area contributed by atoms with E-state index in [1.54, 1.807) is 0 Å². The third-order valence-corrected chi connectivity index (χ3v) is 3.52. The second-order valence-electron chi connectivity index (χ2n) is 4.23. The molecule has 1 saturated carbocycles. The SMILES string of the molecule is CCOc1cccnc1N(CCBr)C1CCC1. The molecule has 1 aromatic heterocycles. The van der Waals surface area contributed by atoms with E-state index in [1.165, 1.54) is 19.3 Å². The van der Waals surface area contributed by atoms with Crippen LogP contribution in [0.25, 0.3) is 0 Å². The number of pyridine rings is 1. The van der Waals surface area contributed by atoms with Gasteiger partial charge in [0, 0.05) is 24.1 Å². The normalized spacial score (nSPS) is 15.4. The van der Waals surface area contributed by atoms with Gasteiger partial charge in [0.15, 0.2) is 11.6 Å². The Hall–Kier alpha value is -0.770. The minimum absolute atomic E-state index is 0.640. The van der Waals surface area contributed by atoms with Crippen molar-refractivity contribution in [2.24, 2.45) is 0 Å². The molecule has 1 aliphatic carbocycles. The van der Waals surface area contributed by atoms with Gasteiger partial charge in [0.05, 0.1) is 6.61 Å². The summed E-state index contributed by atoms with van der Waals surface area (Å²) in [6, 6.07) is 4.58. The zero-order chi connectivity index (χ0) is 12.1. The van der Waals surface area contributed by atoms with Gasteiger partial charge in [0.2, 0.25) is 0 Å². The fourth-order valence-corrected chi connectivity index (χ4v) is 2.50. The molecule has 2 rings (SSSR count). The van der Waals surface area contributed by atoms with E-state index in [1.807, 2.05) is 25.3 Å². The standard InChI is InChI=1S/C13H19BrN2O/c1-2-17-12-7-4-9-15-13(12)16(10-8-14)11-5-3-6-11/h4,7,9,11H,2-3,5-6,8,10H2,1H3. The number of nitrogens with zero attached hydrogens (tertiary/aromatic N) is 2.